The average Bonchev–Trinajstić information content (AvgIpc) is 2.67. The smallest absolute Gasteiger partial charge is 0.358 e. The molecule has 0 aliphatic heterocycles. The molecule has 1 atom stereocenters. The molecule has 0 aromatic carbocycles. The van der Waals surface area contributed by atoms with Gasteiger partial charge in [0, 0.05) is 17.5 Å². The number of aromatic nitrogens is 1. The van der Waals surface area contributed by atoms with Crippen molar-refractivity contribution in [3.63, 3.8) is 0 Å². The van der Waals surface area contributed by atoms with Crippen molar-refractivity contribution in [3.8, 4) is 0 Å². The molecule has 18 heavy (non-hydrogen) atoms. The number of anilines is 1. The van der Waals surface area contributed by atoms with E-state index in [0.29, 0.717) is 18.3 Å². The van der Waals surface area contributed by atoms with Gasteiger partial charge in [0.05, 0.1) is 6.61 Å². The van der Waals surface area contributed by atoms with Gasteiger partial charge in [0.1, 0.15) is 0 Å². The van der Waals surface area contributed by atoms with Gasteiger partial charge in [-0.25, -0.2) is 9.78 Å². The number of nitrogens with zero attached hydrogens (tertiary/aromatic N) is 2. The van der Waals surface area contributed by atoms with E-state index < -0.39 is 0 Å². The fourth-order valence-corrected chi connectivity index (χ4v) is 2.09. The monoisotopic (exact) mass is 271 g/mol. The zero-order valence-electron chi connectivity index (χ0n) is 11.6. The van der Waals surface area contributed by atoms with Crippen LogP contribution in [0.1, 0.15) is 29.2 Å². The van der Waals surface area contributed by atoms with Gasteiger partial charge in [-0.3, -0.25) is 0 Å². The summed E-state index contributed by atoms with van der Waals surface area (Å²) in [5.74, 6) is -0.347. The van der Waals surface area contributed by atoms with Crippen molar-refractivity contribution < 1.29 is 9.53 Å². The Labute approximate surface area is 112 Å². The van der Waals surface area contributed by atoms with Gasteiger partial charge in [0.2, 0.25) is 0 Å². The van der Waals surface area contributed by atoms with Crippen LogP contribution < -0.4 is 5.32 Å². The topological polar surface area (TPSA) is 54.5 Å². The normalized spacial score (nSPS) is 12.6. The summed E-state index contributed by atoms with van der Waals surface area (Å²) in [5, 5.41) is 4.01. The third-order valence-corrected chi connectivity index (χ3v) is 3.62. The molecule has 0 spiro atoms. The minimum Gasteiger partial charge on any atom is -0.461 e. The van der Waals surface area contributed by atoms with Crippen LogP contribution in [-0.2, 0) is 4.74 Å². The van der Waals surface area contributed by atoms with Crippen LogP contribution in [0, 0.1) is 6.92 Å². The van der Waals surface area contributed by atoms with Crippen molar-refractivity contribution in [1.29, 1.82) is 0 Å². The number of ether oxygens (including phenoxy) is 1. The first-order valence-electron chi connectivity index (χ1n) is 6.00. The number of thiazole rings is 1. The van der Waals surface area contributed by atoms with E-state index in [1.54, 1.807) is 6.92 Å². The van der Waals surface area contributed by atoms with Gasteiger partial charge in [-0.1, -0.05) is 0 Å². The Morgan fingerprint density at radius 1 is 1.56 bits per heavy atom. The van der Waals surface area contributed by atoms with Crippen LogP contribution in [0.3, 0.4) is 0 Å². The lowest BCUT2D eigenvalue weighted by Gasteiger charge is -2.19. The van der Waals surface area contributed by atoms with E-state index in [9.17, 15) is 4.79 Å². The van der Waals surface area contributed by atoms with E-state index >= 15 is 0 Å². The largest absolute Gasteiger partial charge is 0.461 e. The minimum absolute atomic E-state index is 0.347. The fourth-order valence-electron chi connectivity index (χ4n) is 1.28. The first-order valence-corrected chi connectivity index (χ1v) is 6.82. The minimum atomic E-state index is -0.347. The molecule has 1 unspecified atom stereocenters. The second-order valence-electron chi connectivity index (χ2n) is 4.34. The van der Waals surface area contributed by atoms with Crippen molar-refractivity contribution in [2.24, 2.45) is 0 Å². The molecule has 0 amide bonds. The van der Waals surface area contributed by atoms with Crippen LogP contribution >= 0.6 is 11.3 Å². The zero-order valence-corrected chi connectivity index (χ0v) is 12.4. The number of hydrogen-bond donors (Lipinski definition) is 1. The van der Waals surface area contributed by atoms with Crippen LogP contribution in [-0.4, -0.2) is 49.1 Å². The molecule has 5 nitrogen and oxygen atoms in total. The van der Waals surface area contributed by atoms with E-state index in [-0.39, 0.29) is 5.97 Å². The Kier molecular flexibility index (Phi) is 5.55. The van der Waals surface area contributed by atoms with Gasteiger partial charge >= 0.3 is 5.97 Å². The average molecular weight is 271 g/mol. The van der Waals surface area contributed by atoms with Gasteiger partial charge in [0.25, 0.3) is 0 Å². The number of esters is 1. The maximum absolute atomic E-state index is 11.6. The number of nitrogens with one attached hydrogen (secondary N) is 1. The second-order valence-corrected chi connectivity index (χ2v) is 5.54. The summed E-state index contributed by atoms with van der Waals surface area (Å²) in [7, 11) is 4.06. The fraction of sp³-hybridized carbons (Fsp3) is 0.667. The highest BCUT2D eigenvalue weighted by molar-refractivity contribution is 7.15. The molecule has 102 valence electrons. The van der Waals surface area contributed by atoms with Crippen molar-refractivity contribution >= 4 is 22.4 Å². The molecule has 0 saturated heterocycles. The van der Waals surface area contributed by atoms with Crippen molar-refractivity contribution in [3.05, 3.63) is 10.6 Å². The number of aryl methyl sites for hydroxylation is 1. The first kappa shape index (κ1) is 14.9. The Bertz CT molecular complexity index is 404. The predicted octanol–water partition coefficient (Wildman–Crippen LogP) is 1.99. The lowest BCUT2D eigenvalue weighted by Crippen LogP contribution is -2.31. The van der Waals surface area contributed by atoms with Crippen molar-refractivity contribution in [2.45, 2.75) is 26.8 Å². The molecular weight excluding hydrogens is 250 g/mol. The lowest BCUT2D eigenvalue weighted by molar-refractivity contribution is 0.0519. The summed E-state index contributed by atoms with van der Waals surface area (Å²) in [6, 6.07) is 0.403. The molecule has 0 bridgehead atoms. The third kappa shape index (κ3) is 3.96. The van der Waals surface area contributed by atoms with E-state index in [1.807, 2.05) is 21.0 Å². The molecule has 1 aromatic rings. The van der Waals surface area contributed by atoms with Crippen LogP contribution in [0.2, 0.25) is 0 Å². The Morgan fingerprint density at radius 3 is 2.78 bits per heavy atom. The molecule has 0 radical (unpaired) electrons. The Morgan fingerprint density at radius 2 is 2.22 bits per heavy atom. The number of hydrogen-bond acceptors (Lipinski definition) is 6. The highest BCUT2D eigenvalue weighted by Crippen LogP contribution is 2.22. The molecule has 1 rings (SSSR count). The standard InChI is InChI=1S/C12H21N3O2S/c1-6-17-11(16)10-9(3)18-12(14-10)13-7-8(2)15(4)5/h8H,6-7H2,1-5H3,(H,13,14). The Hall–Kier alpha value is -1.14. The van der Waals surface area contributed by atoms with Gasteiger partial charge in [-0.2, -0.15) is 0 Å². The van der Waals surface area contributed by atoms with Crippen molar-refractivity contribution in [2.75, 3.05) is 32.6 Å². The summed E-state index contributed by atoms with van der Waals surface area (Å²) in [4.78, 5) is 18.9. The van der Waals surface area contributed by atoms with Gasteiger partial charge in [-0.05, 0) is 34.9 Å². The summed E-state index contributed by atoms with van der Waals surface area (Å²) >= 11 is 1.48. The number of rotatable bonds is 6. The second kappa shape index (κ2) is 6.70. The first-order chi connectivity index (χ1) is 8.45. The van der Waals surface area contributed by atoms with Crippen LogP contribution in [0.25, 0.3) is 0 Å². The van der Waals surface area contributed by atoms with E-state index in [0.717, 1.165) is 16.6 Å². The van der Waals surface area contributed by atoms with E-state index in [2.05, 4.69) is 22.1 Å². The molecule has 0 fully saturated rings. The van der Waals surface area contributed by atoms with Gasteiger partial charge in [-0.15, -0.1) is 11.3 Å². The van der Waals surface area contributed by atoms with E-state index in [4.69, 9.17) is 4.74 Å². The van der Waals surface area contributed by atoms with E-state index in [1.165, 1.54) is 11.3 Å². The summed E-state index contributed by atoms with van der Waals surface area (Å²) in [5.41, 5.74) is 0.418. The molecule has 6 heteroatoms. The predicted molar refractivity (Wildman–Crippen MR) is 74.4 cm³/mol. The summed E-state index contributed by atoms with van der Waals surface area (Å²) in [6.07, 6.45) is 0. The SMILES string of the molecule is CCOC(=O)c1nc(NCC(C)N(C)C)sc1C. The maximum Gasteiger partial charge on any atom is 0.358 e. The Balaban J connectivity index is 2.64. The summed E-state index contributed by atoms with van der Waals surface area (Å²) < 4.78 is 4.96. The molecule has 1 heterocycles. The van der Waals surface area contributed by atoms with Crippen LogP contribution in [0.15, 0.2) is 0 Å². The molecule has 1 N–H and O–H groups in total. The van der Waals surface area contributed by atoms with Crippen LogP contribution in [0.4, 0.5) is 5.13 Å². The lowest BCUT2D eigenvalue weighted by atomic mass is 10.3. The quantitative estimate of drug-likeness (QED) is 0.802. The molecular formula is C12H21N3O2S. The molecule has 0 aliphatic rings. The summed E-state index contributed by atoms with van der Waals surface area (Å²) in [6.45, 7) is 6.96. The zero-order chi connectivity index (χ0) is 13.7. The maximum atomic E-state index is 11.6. The van der Waals surface area contributed by atoms with Crippen LogP contribution in [0.5, 0.6) is 0 Å². The highest BCUT2D eigenvalue weighted by Gasteiger charge is 2.16. The molecule has 0 aliphatic carbocycles. The third-order valence-electron chi connectivity index (χ3n) is 2.70. The molecule has 1 aromatic heterocycles. The van der Waals surface area contributed by atoms with Gasteiger partial charge < -0.3 is 15.0 Å². The van der Waals surface area contributed by atoms with Crippen molar-refractivity contribution in [1.82, 2.24) is 9.88 Å². The number of carbonyl (C=O) groups excluding carboxylic acids is 1. The number of likely N-dealkylation sites (N-methyl/N-ethyl adjacent to an activating group) is 1. The number of carbonyl (C=O) groups is 1. The highest BCUT2D eigenvalue weighted by atomic mass is 32.1. The molecule has 0 saturated carbocycles. The van der Waals surface area contributed by atoms with Gasteiger partial charge in [0.15, 0.2) is 10.8 Å².